The van der Waals surface area contributed by atoms with Gasteiger partial charge in [-0.25, -0.2) is 0 Å². The Bertz CT molecular complexity index is 400. The van der Waals surface area contributed by atoms with Crippen LogP contribution in [0.5, 0.6) is 0 Å². The molecule has 5 heteroatoms. The molecule has 1 aliphatic rings. The van der Waals surface area contributed by atoms with E-state index in [1.54, 1.807) is 0 Å². The lowest BCUT2D eigenvalue weighted by molar-refractivity contribution is -0.121. The third-order valence-corrected chi connectivity index (χ3v) is 3.03. The summed E-state index contributed by atoms with van der Waals surface area (Å²) in [5.41, 5.74) is 7.29. The summed E-state index contributed by atoms with van der Waals surface area (Å²) < 4.78 is 10.7. The number of rotatable bonds is 6. The highest BCUT2D eigenvalue weighted by Crippen LogP contribution is 2.12. The number of nitrogens with two attached hydrogens (primary N) is 1. The second-order valence-corrected chi connectivity index (χ2v) is 4.60. The first kappa shape index (κ1) is 14.0. The van der Waals surface area contributed by atoms with E-state index in [-0.39, 0.29) is 18.6 Å². The molecule has 3 N–H and O–H groups in total. The molecular weight excluding hydrogens is 244 g/mol. The van der Waals surface area contributed by atoms with E-state index in [0.717, 1.165) is 30.7 Å². The number of benzene rings is 1. The van der Waals surface area contributed by atoms with Crippen LogP contribution in [-0.2, 0) is 20.8 Å². The van der Waals surface area contributed by atoms with E-state index in [9.17, 15) is 4.79 Å². The minimum absolute atomic E-state index is 0.0541. The fourth-order valence-corrected chi connectivity index (χ4v) is 1.98. The van der Waals surface area contributed by atoms with Gasteiger partial charge in [0.05, 0.1) is 12.7 Å². The Labute approximate surface area is 113 Å². The van der Waals surface area contributed by atoms with E-state index in [2.05, 4.69) is 5.32 Å². The van der Waals surface area contributed by atoms with E-state index in [1.165, 1.54) is 0 Å². The number of amides is 1. The van der Waals surface area contributed by atoms with Crippen molar-refractivity contribution in [2.45, 2.75) is 25.5 Å². The summed E-state index contributed by atoms with van der Waals surface area (Å²) in [6.07, 6.45) is 2.24. The first-order chi connectivity index (χ1) is 9.28. The molecule has 0 aliphatic carbocycles. The predicted octanol–water partition coefficient (Wildman–Crippen LogP) is 1.28. The fraction of sp³-hybridized carbons (Fsp3) is 0.500. The smallest absolute Gasteiger partial charge is 0.250 e. The molecule has 0 spiro atoms. The van der Waals surface area contributed by atoms with Crippen LogP contribution in [0.1, 0.15) is 18.4 Å². The van der Waals surface area contributed by atoms with Gasteiger partial charge in [0.1, 0.15) is 6.61 Å². The van der Waals surface area contributed by atoms with Gasteiger partial charge in [-0.05, 0) is 30.5 Å². The van der Waals surface area contributed by atoms with Crippen LogP contribution in [0.25, 0.3) is 0 Å². The highest BCUT2D eigenvalue weighted by atomic mass is 16.5. The zero-order chi connectivity index (χ0) is 13.5. The van der Waals surface area contributed by atoms with E-state index in [4.69, 9.17) is 15.2 Å². The average Bonchev–Trinajstić information content (AvgIpc) is 2.93. The molecule has 1 amide bonds. The van der Waals surface area contributed by atoms with Crippen molar-refractivity contribution in [2.75, 3.05) is 25.1 Å². The molecule has 1 saturated heterocycles. The van der Waals surface area contributed by atoms with Gasteiger partial charge in [0.25, 0.3) is 0 Å². The van der Waals surface area contributed by atoms with Crippen LogP contribution >= 0.6 is 0 Å². The van der Waals surface area contributed by atoms with Gasteiger partial charge >= 0.3 is 0 Å². The summed E-state index contributed by atoms with van der Waals surface area (Å²) in [5.74, 6) is -0.154. The Kier molecular flexibility index (Phi) is 5.32. The minimum atomic E-state index is -0.154. The van der Waals surface area contributed by atoms with Crippen LogP contribution in [-0.4, -0.2) is 31.8 Å². The third kappa shape index (κ3) is 4.63. The molecule has 0 bridgehead atoms. The van der Waals surface area contributed by atoms with Gasteiger partial charge in [-0.15, -0.1) is 0 Å². The van der Waals surface area contributed by atoms with Crippen molar-refractivity contribution >= 4 is 11.6 Å². The topological polar surface area (TPSA) is 73.6 Å². The average molecular weight is 264 g/mol. The SMILES string of the molecule is NCc1ccc(NC(=O)COCC2CCCO2)cc1. The van der Waals surface area contributed by atoms with Gasteiger partial charge in [0, 0.05) is 18.8 Å². The predicted molar refractivity (Wildman–Crippen MR) is 72.8 cm³/mol. The summed E-state index contributed by atoms with van der Waals surface area (Å²) >= 11 is 0. The second-order valence-electron chi connectivity index (χ2n) is 4.60. The number of ether oxygens (including phenoxy) is 2. The number of carbonyl (C=O) groups is 1. The Balaban J connectivity index is 1.68. The molecule has 0 aromatic heterocycles. The maximum absolute atomic E-state index is 11.6. The summed E-state index contributed by atoms with van der Waals surface area (Å²) in [6.45, 7) is 1.84. The number of anilines is 1. The van der Waals surface area contributed by atoms with Gasteiger partial charge in [0.2, 0.25) is 5.91 Å². The maximum Gasteiger partial charge on any atom is 0.250 e. The highest BCUT2D eigenvalue weighted by Gasteiger charge is 2.15. The highest BCUT2D eigenvalue weighted by molar-refractivity contribution is 5.91. The van der Waals surface area contributed by atoms with E-state index in [0.29, 0.717) is 13.2 Å². The molecule has 1 aliphatic heterocycles. The van der Waals surface area contributed by atoms with E-state index < -0.39 is 0 Å². The van der Waals surface area contributed by atoms with Gasteiger partial charge in [-0.3, -0.25) is 4.79 Å². The van der Waals surface area contributed by atoms with Crippen molar-refractivity contribution in [3.05, 3.63) is 29.8 Å². The summed E-state index contributed by atoms with van der Waals surface area (Å²) in [7, 11) is 0. The van der Waals surface area contributed by atoms with Crippen molar-refractivity contribution in [3.63, 3.8) is 0 Å². The Morgan fingerprint density at radius 3 is 2.84 bits per heavy atom. The Morgan fingerprint density at radius 1 is 1.42 bits per heavy atom. The lowest BCUT2D eigenvalue weighted by Gasteiger charge is -2.10. The van der Waals surface area contributed by atoms with Crippen LogP contribution in [0.4, 0.5) is 5.69 Å². The molecule has 1 atom stereocenters. The zero-order valence-electron chi connectivity index (χ0n) is 10.9. The number of hydrogen-bond donors (Lipinski definition) is 2. The van der Waals surface area contributed by atoms with Crippen LogP contribution < -0.4 is 11.1 Å². The van der Waals surface area contributed by atoms with Crippen molar-refractivity contribution in [3.8, 4) is 0 Å². The third-order valence-electron chi connectivity index (χ3n) is 3.03. The normalized spacial score (nSPS) is 18.5. The maximum atomic E-state index is 11.6. The van der Waals surface area contributed by atoms with Crippen molar-refractivity contribution < 1.29 is 14.3 Å². The van der Waals surface area contributed by atoms with Crippen LogP contribution in [0.2, 0.25) is 0 Å². The second kappa shape index (κ2) is 7.23. The van der Waals surface area contributed by atoms with Gasteiger partial charge < -0.3 is 20.5 Å². The number of nitrogens with one attached hydrogen (secondary N) is 1. The van der Waals surface area contributed by atoms with Crippen LogP contribution in [0.3, 0.4) is 0 Å². The van der Waals surface area contributed by atoms with Gasteiger partial charge in [-0.2, -0.15) is 0 Å². The fourth-order valence-electron chi connectivity index (χ4n) is 1.98. The van der Waals surface area contributed by atoms with Gasteiger partial charge in [0.15, 0.2) is 0 Å². The molecule has 1 aromatic carbocycles. The molecule has 1 unspecified atom stereocenters. The van der Waals surface area contributed by atoms with Crippen LogP contribution in [0, 0.1) is 0 Å². The molecule has 2 rings (SSSR count). The molecule has 1 heterocycles. The van der Waals surface area contributed by atoms with Crippen molar-refractivity contribution in [1.29, 1.82) is 0 Å². The standard InChI is InChI=1S/C14H20N2O3/c15-8-11-3-5-12(6-4-11)16-14(17)10-18-9-13-2-1-7-19-13/h3-6,13H,1-2,7-10,15H2,(H,16,17). The number of carbonyl (C=O) groups excluding carboxylic acids is 1. The lowest BCUT2D eigenvalue weighted by atomic mass is 10.2. The molecule has 0 radical (unpaired) electrons. The quantitative estimate of drug-likeness (QED) is 0.811. The molecule has 0 saturated carbocycles. The minimum Gasteiger partial charge on any atom is -0.376 e. The van der Waals surface area contributed by atoms with Crippen LogP contribution in [0.15, 0.2) is 24.3 Å². The molecular formula is C14H20N2O3. The lowest BCUT2D eigenvalue weighted by Crippen LogP contribution is -2.22. The largest absolute Gasteiger partial charge is 0.376 e. The number of hydrogen-bond acceptors (Lipinski definition) is 4. The molecule has 5 nitrogen and oxygen atoms in total. The van der Waals surface area contributed by atoms with Gasteiger partial charge in [-0.1, -0.05) is 12.1 Å². The first-order valence-corrected chi connectivity index (χ1v) is 6.56. The summed E-state index contributed by atoms with van der Waals surface area (Å²) in [5, 5.41) is 2.77. The van der Waals surface area contributed by atoms with Crippen molar-refractivity contribution in [2.24, 2.45) is 5.73 Å². The van der Waals surface area contributed by atoms with E-state index in [1.807, 2.05) is 24.3 Å². The van der Waals surface area contributed by atoms with Crippen molar-refractivity contribution in [1.82, 2.24) is 0 Å². The first-order valence-electron chi connectivity index (χ1n) is 6.56. The monoisotopic (exact) mass is 264 g/mol. The molecule has 104 valence electrons. The Morgan fingerprint density at radius 2 is 2.21 bits per heavy atom. The molecule has 1 fully saturated rings. The molecule has 19 heavy (non-hydrogen) atoms. The zero-order valence-corrected chi connectivity index (χ0v) is 10.9. The molecule has 1 aromatic rings. The summed E-state index contributed by atoms with van der Waals surface area (Å²) in [6, 6.07) is 7.45. The Hall–Kier alpha value is -1.43. The summed E-state index contributed by atoms with van der Waals surface area (Å²) in [4.78, 5) is 11.6. The van der Waals surface area contributed by atoms with E-state index >= 15 is 0 Å².